The Hall–Kier alpha value is -1.75. The van der Waals surface area contributed by atoms with Crippen LogP contribution in [0.15, 0.2) is 30.7 Å². The summed E-state index contributed by atoms with van der Waals surface area (Å²) in [6.07, 6.45) is 5.24. The average molecular weight is 218 g/mol. The van der Waals surface area contributed by atoms with Crippen molar-refractivity contribution in [3.05, 3.63) is 42.2 Å². The van der Waals surface area contributed by atoms with Crippen LogP contribution in [0.3, 0.4) is 0 Å². The normalized spacial score (nSPS) is 10.2. The van der Waals surface area contributed by atoms with Gasteiger partial charge in [-0.05, 0) is 19.1 Å². The summed E-state index contributed by atoms with van der Waals surface area (Å²) in [5.41, 5.74) is 7.47. The minimum Gasteiger partial charge on any atom is -0.387 e. The fraction of sp³-hybridized carbons (Fsp3) is 0.100. The van der Waals surface area contributed by atoms with Gasteiger partial charge in [-0.1, -0.05) is 12.2 Å². The van der Waals surface area contributed by atoms with Crippen molar-refractivity contribution in [3.8, 4) is 5.69 Å². The number of imidazole rings is 1. The fourth-order valence-corrected chi connectivity index (χ4v) is 1.53. The molecule has 0 amide bonds. The zero-order valence-electron chi connectivity index (χ0n) is 8.21. The van der Waals surface area contributed by atoms with Gasteiger partial charge in [-0.15, -0.1) is 0 Å². The lowest BCUT2D eigenvalue weighted by Gasteiger charge is -2.06. The molecule has 0 saturated carbocycles. The smallest absolute Gasteiger partial charge is 0.172 e. The predicted octanol–water partition coefficient (Wildman–Crippen LogP) is 1.21. The Morgan fingerprint density at radius 2 is 2.20 bits per heavy atom. The van der Waals surface area contributed by atoms with Crippen LogP contribution in [0, 0.1) is 6.92 Å². The van der Waals surface area contributed by atoms with Crippen LogP contribution < -0.4 is 5.73 Å². The molecule has 0 unspecified atom stereocenters. The Balaban J connectivity index is 2.54. The molecule has 0 fully saturated rings. The van der Waals surface area contributed by atoms with Crippen LogP contribution in [0.5, 0.6) is 0 Å². The largest absolute Gasteiger partial charge is 0.387 e. The molecule has 2 heterocycles. The second-order valence-electron chi connectivity index (χ2n) is 3.14. The third kappa shape index (κ3) is 1.87. The monoisotopic (exact) mass is 218 g/mol. The molecule has 0 aliphatic heterocycles. The summed E-state index contributed by atoms with van der Waals surface area (Å²) in [7, 11) is 0. The van der Waals surface area contributed by atoms with Gasteiger partial charge in [-0.25, -0.2) is 4.98 Å². The van der Waals surface area contributed by atoms with Gasteiger partial charge in [0.25, 0.3) is 0 Å². The average Bonchev–Trinajstić information content (AvgIpc) is 2.65. The van der Waals surface area contributed by atoms with E-state index in [0.29, 0.717) is 5.82 Å². The van der Waals surface area contributed by atoms with E-state index in [0.717, 1.165) is 11.4 Å². The highest BCUT2D eigenvalue weighted by Gasteiger charge is 2.06. The zero-order chi connectivity index (χ0) is 10.8. The van der Waals surface area contributed by atoms with Crippen molar-refractivity contribution in [1.29, 1.82) is 0 Å². The molecule has 0 radical (unpaired) electrons. The highest BCUT2D eigenvalue weighted by molar-refractivity contribution is 7.80. The molecule has 2 aromatic heterocycles. The van der Waals surface area contributed by atoms with E-state index in [1.54, 1.807) is 12.4 Å². The number of pyridine rings is 1. The molecule has 0 atom stereocenters. The maximum atomic E-state index is 5.57. The first-order valence-electron chi connectivity index (χ1n) is 4.44. The molecule has 0 aliphatic carbocycles. The summed E-state index contributed by atoms with van der Waals surface area (Å²) in [5.74, 6) is 0.593. The Kier molecular flexibility index (Phi) is 2.47. The Labute approximate surface area is 92.8 Å². The first-order chi connectivity index (χ1) is 7.18. The van der Waals surface area contributed by atoms with Gasteiger partial charge in [0.2, 0.25) is 0 Å². The molecule has 0 spiro atoms. The van der Waals surface area contributed by atoms with Gasteiger partial charge in [0.1, 0.15) is 4.99 Å². The van der Waals surface area contributed by atoms with E-state index in [1.807, 2.05) is 29.8 Å². The summed E-state index contributed by atoms with van der Waals surface area (Å²) in [4.78, 5) is 8.51. The quantitative estimate of drug-likeness (QED) is 0.770. The van der Waals surface area contributed by atoms with E-state index < -0.39 is 0 Å². The van der Waals surface area contributed by atoms with Crippen molar-refractivity contribution in [2.24, 2.45) is 5.73 Å². The number of nitrogens with two attached hydrogens (primary N) is 1. The van der Waals surface area contributed by atoms with Crippen molar-refractivity contribution >= 4 is 17.2 Å². The molecule has 0 aromatic carbocycles. The molecule has 0 saturated heterocycles. The van der Waals surface area contributed by atoms with E-state index in [1.165, 1.54) is 0 Å². The van der Waals surface area contributed by atoms with E-state index >= 15 is 0 Å². The van der Waals surface area contributed by atoms with Gasteiger partial charge in [-0.2, -0.15) is 0 Å². The van der Waals surface area contributed by atoms with Crippen molar-refractivity contribution in [3.63, 3.8) is 0 Å². The van der Waals surface area contributed by atoms with E-state index in [-0.39, 0.29) is 4.99 Å². The fourth-order valence-electron chi connectivity index (χ4n) is 1.37. The lowest BCUT2D eigenvalue weighted by atomic mass is 10.3. The van der Waals surface area contributed by atoms with E-state index in [2.05, 4.69) is 9.97 Å². The van der Waals surface area contributed by atoms with E-state index in [4.69, 9.17) is 18.0 Å². The predicted molar refractivity (Wildman–Crippen MR) is 62.0 cm³/mol. The third-order valence-electron chi connectivity index (χ3n) is 2.02. The molecule has 2 N–H and O–H groups in total. The van der Waals surface area contributed by atoms with Crippen LogP contribution in [-0.2, 0) is 0 Å². The van der Waals surface area contributed by atoms with Crippen molar-refractivity contribution in [1.82, 2.24) is 14.5 Å². The number of aryl methyl sites for hydroxylation is 1. The topological polar surface area (TPSA) is 56.7 Å². The Morgan fingerprint density at radius 3 is 2.87 bits per heavy atom. The highest BCUT2D eigenvalue weighted by Crippen LogP contribution is 2.10. The summed E-state index contributed by atoms with van der Waals surface area (Å²) < 4.78 is 1.84. The van der Waals surface area contributed by atoms with Crippen LogP contribution in [0.1, 0.15) is 11.5 Å². The second kappa shape index (κ2) is 3.78. The minimum atomic E-state index is 0.287. The zero-order valence-corrected chi connectivity index (χ0v) is 9.03. The molecule has 0 aliphatic rings. The summed E-state index contributed by atoms with van der Waals surface area (Å²) in [6, 6.07) is 3.83. The molecule has 15 heavy (non-hydrogen) atoms. The lowest BCUT2D eigenvalue weighted by Crippen LogP contribution is -2.15. The van der Waals surface area contributed by atoms with Crippen LogP contribution >= 0.6 is 12.2 Å². The number of thiocarbonyl (C=S) groups is 1. The van der Waals surface area contributed by atoms with Crippen molar-refractivity contribution < 1.29 is 0 Å². The van der Waals surface area contributed by atoms with Crippen LogP contribution in [0.2, 0.25) is 0 Å². The summed E-state index contributed by atoms with van der Waals surface area (Å²) >= 11 is 4.91. The Bertz CT molecular complexity index is 504. The molecule has 0 bridgehead atoms. The number of aromatic nitrogens is 3. The number of rotatable bonds is 2. The molecule has 2 rings (SSSR count). The molecule has 76 valence electrons. The van der Waals surface area contributed by atoms with Gasteiger partial charge in [0, 0.05) is 24.3 Å². The minimum absolute atomic E-state index is 0.287. The van der Waals surface area contributed by atoms with E-state index in [9.17, 15) is 0 Å². The first kappa shape index (κ1) is 9.79. The Morgan fingerprint density at radius 1 is 1.40 bits per heavy atom. The van der Waals surface area contributed by atoms with Crippen LogP contribution in [0.4, 0.5) is 0 Å². The molecule has 4 nitrogen and oxygen atoms in total. The van der Waals surface area contributed by atoms with Crippen molar-refractivity contribution in [2.75, 3.05) is 0 Å². The van der Waals surface area contributed by atoms with Crippen LogP contribution in [-0.4, -0.2) is 19.5 Å². The van der Waals surface area contributed by atoms with Gasteiger partial charge in [0.15, 0.2) is 5.82 Å². The van der Waals surface area contributed by atoms with Gasteiger partial charge < -0.3 is 5.73 Å². The summed E-state index contributed by atoms with van der Waals surface area (Å²) in [5, 5.41) is 0. The van der Waals surface area contributed by atoms with Gasteiger partial charge >= 0.3 is 0 Å². The third-order valence-corrected chi connectivity index (χ3v) is 2.20. The molecular weight excluding hydrogens is 208 g/mol. The second-order valence-corrected chi connectivity index (χ2v) is 3.58. The maximum Gasteiger partial charge on any atom is 0.172 e. The molecule has 5 heteroatoms. The van der Waals surface area contributed by atoms with Crippen LogP contribution in [0.25, 0.3) is 5.69 Å². The number of hydrogen-bond donors (Lipinski definition) is 1. The SMILES string of the molecule is Cc1cc(-n2ccnc2C(N)=S)ccn1. The summed E-state index contributed by atoms with van der Waals surface area (Å²) in [6.45, 7) is 1.93. The van der Waals surface area contributed by atoms with Gasteiger partial charge in [0.05, 0.1) is 5.69 Å². The standard InChI is InChI=1S/C10H10N4S/c1-7-6-8(2-3-12-7)14-5-4-13-10(14)9(11)15/h2-6H,1H3,(H2,11,15). The lowest BCUT2D eigenvalue weighted by molar-refractivity contribution is 1.02. The molecule has 2 aromatic rings. The number of hydrogen-bond acceptors (Lipinski definition) is 3. The van der Waals surface area contributed by atoms with Gasteiger partial charge in [-0.3, -0.25) is 9.55 Å². The highest BCUT2D eigenvalue weighted by atomic mass is 32.1. The molecular formula is C10H10N4S. The first-order valence-corrected chi connectivity index (χ1v) is 4.85. The maximum absolute atomic E-state index is 5.57. The van der Waals surface area contributed by atoms with Crippen molar-refractivity contribution in [2.45, 2.75) is 6.92 Å². The number of nitrogens with zero attached hydrogens (tertiary/aromatic N) is 3.